The number of amides is 2. The highest BCUT2D eigenvalue weighted by atomic mass is 79.9. The Morgan fingerprint density at radius 1 is 1.03 bits per heavy atom. The molecule has 4 rings (SSSR count). The van der Waals surface area contributed by atoms with Crippen molar-refractivity contribution in [2.75, 3.05) is 13.7 Å². The molecule has 0 aliphatic carbocycles. The Kier molecular flexibility index (Phi) is 7.69. The first-order valence-electron chi connectivity index (χ1n) is 10.7. The topological polar surface area (TPSA) is 97.6 Å². The van der Waals surface area contributed by atoms with Crippen LogP contribution in [0.1, 0.15) is 15.9 Å². The Balaban J connectivity index is 1.43. The lowest BCUT2D eigenvalue weighted by Crippen LogP contribution is -2.34. The van der Waals surface area contributed by atoms with Crippen LogP contribution in [-0.2, 0) is 4.79 Å². The van der Waals surface area contributed by atoms with Crippen molar-refractivity contribution in [3.63, 3.8) is 0 Å². The summed E-state index contributed by atoms with van der Waals surface area (Å²) in [5, 5.41) is 11.4. The van der Waals surface area contributed by atoms with Crippen LogP contribution in [0.15, 0.2) is 94.6 Å². The summed E-state index contributed by atoms with van der Waals surface area (Å²) in [6, 6.07) is 24.1. The van der Waals surface area contributed by atoms with Crippen molar-refractivity contribution in [3.8, 4) is 22.7 Å². The van der Waals surface area contributed by atoms with Gasteiger partial charge in [0, 0.05) is 27.4 Å². The van der Waals surface area contributed by atoms with Gasteiger partial charge in [0.2, 0.25) is 0 Å². The maximum atomic E-state index is 12.2. The number of carbonyl (C=O) groups is 2. The molecule has 0 saturated heterocycles. The molecule has 0 aliphatic heterocycles. The first-order valence-corrected chi connectivity index (χ1v) is 11.5. The number of halogens is 1. The zero-order chi connectivity index (χ0) is 24.6. The molecule has 0 atom stereocenters. The molecule has 0 radical (unpaired) electrons. The van der Waals surface area contributed by atoms with Gasteiger partial charge in [0.25, 0.3) is 11.8 Å². The number of methoxy groups -OCH3 is 1. The number of rotatable bonds is 8. The zero-order valence-corrected chi connectivity index (χ0v) is 20.4. The fraction of sp³-hybridized carbons (Fsp3) is 0.0769. The smallest absolute Gasteiger partial charge is 0.259 e. The molecule has 0 aliphatic rings. The Morgan fingerprint density at radius 2 is 1.74 bits per heavy atom. The van der Waals surface area contributed by atoms with Crippen LogP contribution in [0, 0.1) is 0 Å². The molecule has 2 amide bonds. The number of hydrogen-bond donors (Lipinski definition) is 2. The largest absolute Gasteiger partial charge is 0.497 e. The molecule has 0 fully saturated rings. The van der Waals surface area contributed by atoms with Gasteiger partial charge in [0.1, 0.15) is 11.4 Å². The Labute approximate surface area is 210 Å². The van der Waals surface area contributed by atoms with Crippen molar-refractivity contribution < 1.29 is 14.3 Å². The summed E-state index contributed by atoms with van der Waals surface area (Å²) in [5.41, 5.74) is 6.11. The van der Waals surface area contributed by atoms with E-state index < -0.39 is 5.91 Å². The average molecular weight is 532 g/mol. The van der Waals surface area contributed by atoms with Gasteiger partial charge in [-0.3, -0.25) is 9.59 Å². The van der Waals surface area contributed by atoms with Gasteiger partial charge in [-0.1, -0.05) is 46.3 Å². The van der Waals surface area contributed by atoms with E-state index in [0.717, 1.165) is 21.3 Å². The highest BCUT2D eigenvalue weighted by Crippen LogP contribution is 2.24. The van der Waals surface area contributed by atoms with E-state index in [9.17, 15) is 9.59 Å². The standard InChI is InChI=1S/C26H22BrN5O3/c1-35-23-13-9-19(10-14-23)26(34)28-16-24(33)30-29-15-20-17-32(22-5-3-2-4-6-22)31-25(20)18-7-11-21(27)12-8-18/h2-15,17H,16H2,1H3,(H,28,34)(H,30,33)/b29-15-. The highest BCUT2D eigenvalue weighted by Gasteiger charge is 2.12. The summed E-state index contributed by atoms with van der Waals surface area (Å²) in [4.78, 5) is 24.4. The molecule has 0 unspecified atom stereocenters. The lowest BCUT2D eigenvalue weighted by atomic mass is 10.1. The molecule has 0 spiro atoms. The molecule has 0 bridgehead atoms. The summed E-state index contributed by atoms with van der Waals surface area (Å²) < 4.78 is 7.80. The third-order valence-corrected chi connectivity index (χ3v) is 5.56. The SMILES string of the molecule is COc1ccc(C(=O)NCC(=O)N/N=C\c2cn(-c3ccccc3)nc2-c2ccc(Br)cc2)cc1. The molecule has 4 aromatic rings. The summed E-state index contributed by atoms with van der Waals surface area (Å²) in [6.45, 7) is -0.217. The fourth-order valence-corrected chi connectivity index (χ4v) is 3.51. The summed E-state index contributed by atoms with van der Waals surface area (Å²) in [7, 11) is 1.55. The minimum Gasteiger partial charge on any atom is -0.497 e. The van der Waals surface area contributed by atoms with Gasteiger partial charge in [0.05, 0.1) is 25.6 Å². The minimum atomic E-state index is -0.455. The normalized spacial score (nSPS) is 10.8. The Bertz CT molecular complexity index is 1330. The second kappa shape index (κ2) is 11.3. The molecule has 3 aromatic carbocycles. The maximum Gasteiger partial charge on any atom is 0.259 e. The molecule has 2 N–H and O–H groups in total. The van der Waals surface area contributed by atoms with Crippen LogP contribution in [0.3, 0.4) is 0 Å². The van der Waals surface area contributed by atoms with Crippen LogP contribution in [0.25, 0.3) is 16.9 Å². The number of carbonyl (C=O) groups excluding carboxylic acids is 2. The van der Waals surface area contributed by atoms with Gasteiger partial charge >= 0.3 is 0 Å². The van der Waals surface area contributed by atoms with Crippen molar-refractivity contribution in [2.45, 2.75) is 0 Å². The van der Waals surface area contributed by atoms with E-state index in [1.165, 1.54) is 6.21 Å². The van der Waals surface area contributed by atoms with Crippen molar-refractivity contribution in [1.29, 1.82) is 0 Å². The number of hydrazone groups is 1. The van der Waals surface area contributed by atoms with Gasteiger partial charge < -0.3 is 10.1 Å². The second-order valence-electron chi connectivity index (χ2n) is 7.42. The van der Waals surface area contributed by atoms with Gasteiger partial charge in [-0.05, 0) is 48.5 Å². The number of aromatic nitrogens is 2. The van der Waals surface area contributed by atoms with Crippen LogP contribution < -0.4 is 15.5 Å². The highest BCUT2D eigenvalue weighted by molar-refractivity contribution is 9.10. The van der Waals surface area contributed by atoms with Crippen LogP contribution in [0.4, 0.5) is 0 Å². The molecule has 176 valence electrons. The predicted octanol–water partition coefficient (Wildman–Crippen LogP) is 4.19. The maximum absolute atomic E-state index is 12.2. The van der Waals surface area contributed by atoms with Crippen molar-refractivity contribution in [3.05, 3.63) is 101 Å². The molecule has 0 saturated carbocycles. The number of nitrogens with zero attached hydrogens (tertiary/aromatic N) is 3. The average Bonchev–Trinajstić information content (AvgIpc) is 3.32. The predicted molar refractivity (Wildman–Crippen MR) is 138 cm³/mol. The van der Waals surface area contributed by atoms with E-state index in [0.29, 0.717) is 17.0 Å². The summed E-state index contributed by atoms with van der Waals surface area (Å²) in [6.07, 6.45) is 3.38. The van der Waals surface area contributed by atoms with Crippen LogP contribution in [-0.4, -0.2) is 41.5 Å². The van der Waals surface area contributed by atoms with Crippen LogP contribution >= 0.6 is 15.9 Å². The first-order chi connectivity index (χ1) is 17.0. The zero-order valence-electron chi connectivity index (χ0n) is 18.8. The quantitative estimate of drug-likeness (QED) is 0.263. The van der Waals surface area contributed by atoms with Crippen LogP contribution in [0.2, 0.25) is 0 Å². The van der Waals surface area contributed by atoms with E-state index in [4.69, 9.17) is 9.84 Å². The summed E-state index contributed by atoms with van der Waals surface area (Å²) >= 11 is 3.45. The second-order valence-corrected chi connectivity index (χ2v) is 8.34. The van der Waals surface area contributed by atoms with Crippen LogP contribution in [0.5, 0.6) is 5.75 Å². The molecule has 35 heavy (non-hydrogen) atoms. The fourth-order valence-electron chi connectivity index (χ4n) is 3.25. The van der Waals surface area contributed by atoms with Gasteiger partial charge in [-0.2, -0.15) is 10.2 Å². The van der Waals surface area contributed by atoms with Crippen molar-refractivity contribution in [2.24, 2.45) is 5.10 Å². The molecule has 1 heterocycles. The number of hydrogen-bond acceptors (Lipinski definition) is 5. The third kappa shape index (κ3) is 6.21. The Hall–Kier alpha value is -4.24. The molecule has 9 heteroatoms. The van der Waals surface area contributed by atoms with E-state index in [-0.39, 0.29) is 12.5 Å². The third-order valence-electron chi connectivity index (χ3n) is 5.04. The molecular formula is C26H22BrN5O3. The van der Waals surface area contributed by atoms with E-state index in [1.54, 1.807) is 36.1 Å². The molecular weight excluding hydrogens is 510 g/mol. The lowest BCUT2D eigenvalue weighted by Gasteiger charge is -2.05. The van der Waals surface area contributed by atoms with Gasteiger partial charge in [-0.15, -0.1) is 0 Å². The van der Waals surface area contributed by atoms with E-state index >= 15 is 0 Å². The number of ether oxygens (including phenoxy) is 1. The van der Waals surface area contributed by atoms with Gasteiger partial charge in [0.15, 0.2) is 0 Å². The van der Waals surface area contributed by atoms with Gasteiger partial charge in [-0.25, -0.2) is 10.1 Å². The number of para-hydroxylation sites is 1. The van der Waals surface area contributed by atoms with Crippen molar-refractivity contribution >= 4 is 34.0 Å². The molecule has 1 aromatic heterocycles. The Morgan fingerprint density at radius 3 is 2.43 bits per heavy atom. The summed E-state index contributed by atoms with van der Waals surface area (Å²) in [5.74, 6) is -0.177. The number of nitrogens with one attached hydrogen (secondary N) is 2. The van der Waals surface area contributed by atoms with E-state index in [2.05, 4.69) is 31.8 Å². The van der Waals surface area contributed by atoms with Crippen molar-refractivity contribution in [1.82, 2.24) is 20.5 Å². The minimum absolute atomic E-state index is 0.217. The first kappa shape index (κ1) is 23.9. The molecule has 8 nitrogen and oxygen atoms in total. The monoisotopic (exact) mass is 531 g/mol. The lowest BCUT2D eigenvalue weighted by molar-refractivity contribution is -0.120. The van der Waals surface area contributed by atoms with E-state index in [1.807, 2.05) is 60.8 Å². The number of benzene rings is 3.